The SMILES string of the molecule is COc1cc(C[C@H]2CC(c3ccc(F)cc3)=NO2)c(OC)c2c1OCO2. The van der Waals surface area contributed by atoms with Gasteiger partial charge in [0.05, 0.1) is 19.9 Å². The van der Waals surface area contributed by atoms with Gasteiger partial charge in [0.1, 0.15) is 11.9 Å². The van der Waals surface area contributed by atoms with Gasteiger partial charge < -0.3 is 23.8 Å². The molecule has 2 aliphatic heterocycles. The molecule has 136 valence electrons. The fourth-order valence-corrected chi connectivity index (χ4v) is 3.19. The van der Waals surface area contributed by atoms with Crippen molar-refractivity contribution >= 4 is 5.71 Å². The van der Waals surface area contributed by atoms with Crippen LogP contribution in [0, 0.1) is 5.82 Å². The molecule has 6 nitrogen and oxygen atoms in total. The average Bonchev–Trinajstić information content (AvgIpc) is 3.31. The second kappa shape index (κ2) is 6.74. The van der Waals surface area contributed by atoms with Gasteiger partial charge in [0.25, 0.3) is 0 Å². The smallest absolute Gasteiger partial charge is 0.231 e. The van der Waals surface area contributed by atoms with E-state index < -0.39 is 0 Å². The summed E-state index contributed by atoms with van der Waals surface area (Å²) in [7, 11) is 3.17. The minimum atomic E-state index is -0.276. The quantitative estimate of drug-likeness (QED) is 0.820. The summed E-state index contributed by atoms with van der Waals surface area (Å²) in [4.78, 5) is 5.57. The lowest BCUT2D eigenvalue weighted by atomic mass is 9.99. The standard InChI is InChI=1S/C19H18FNO5/c1-22-16-8-12(17(23-2)19-18(16)24-10-25-19)7-14-9-15(21-26-14)11-3-5-13(20)6-4-11/h3-6,8,14H,7,9-10H2,1-2H3/t14-/m0/s1. The number of oxime groups is 1. The molecule has 2 aliphatic rings. The molecule has 0 aliphatic carbocycles. The zero-order valence-corrected chi connectivity index (χ0v) is 14.5. The zero-order valence-electron chi connectivity index (χ0n) is 14.5. The summed E-state index contributed by atoms with van der Waals surface area (Å²) in [6.07, 6.45) is 1.02. The Bertz CT molecular complexity index is 850. The third kappa shape index (κ3) is 2.89. The Morgan fingerprint density at radius 3 is 2.62 bits per heavy atom. The first kappa shape index (κ1) is 16.5. The molecule has 2 aromatic carbocycles. The molecule has 4 rings (SSSR count). The van der Waals surface area contributed by atoms with Gasteiger partial charge in [0, 0.05) is 18.4 Å². The Morgan fingerprint density at radius 2 is 1.88 bits per heavy atom. The molecule has 0 saturated carbocycles. The molecule has 0 saturated heterocycles. The van der Waals surface area contributed by atoms with Crippen LogP contribution < -0.4 is 18.9 Å². The highest BCUT2D eigenvalue weighted by molar-refractivity contribution is 6.01. The number of benzene rings is 2. The summed E-state index contributed by atoms with van der Waals surface area (Å²) < 4.78 is 35.0. The van der Waals surface area contributed by atoms with Gasteiger partial charge in [-0.05, 0) is 23.8 Å². The van der Waals surface area contributed by atoms with Gasteiger partial charge in [-0.15, -0.1) is 0 Å². The van der Waals surface area contributed by atoms with Crippen molar-refractivity contribution in [2.75, 3.05) is 21.0 Å². The van der Waals surface area contributed by atoms with E-state index in [0.29, 0.717) is 35.8 Å². The molecule has 0 unspecified atom stereocenters. The maximum Gasteiger partial charge on any atom is 0.231 e. The van der Waals surface area contributed by atoms with E-state index in [2.05, 4.69) is 5.16 Å². The van der Waals surface area contributed by atoms with Gasteiger partial charge in [-0.1, -0.05) is 17.3 Å². The Balaban J connectivity index is 1.54. The van der Waals surface area contributed by atoms with Crippen LogP contribution in [0.5, 0.6) is 23.0 Å². The van der Waals surface area contributed by atoms with E-state index in [1.54, 1.807) is 26.4 Å². The van der Waals surface area contributed by atoms with Crippen molar-refractivity contribution < 1.29 is 28.2 Å². The molecule has 2 aromatic rings. The fourth-order valence-electron chi connectivity index (χ4n) is 3.19. The van der Waals surface area contributed by atoms with Crippen LogP contribution in [-0.2, 0) is 11.3 Å². The first-order valence-electron chi connectivity index (χ1n) is 8.21. The fraction of sp³-hybridized carbons (Fsp3) is 0.316. The number of nitrogens with zero attached hydrogens (tertiary/aromatic N) is 1. The Kier molecular flexibility index (Phi) is 4.28. The van der Waals surface area contributed by atoms with Crippen LogP contribution in [0.3, 0.4) is 0 Å². The highest BCUT2D eigenvalue weighted by atomic mass is 19.1. The summed E-state index contributed by atoms with van der Waals surface area (Å²) >= 11 is 0. The number of hydrogen-bond acceptors (Lipinski definition) is 6. The molecule has 7 heteroatoms. The summed E-state index contributed by atoms with van der Waals surface area (Å²) in [5.41, 5.74) is 2.53. The topological polar surface area (TPSA) is 58.5 Å². The van der Waals surface area contributed by atoms with E-state index in [-0.39, 0.29) is 18.7 Å². The van der Waals surface area contributed by atoms with Gasteiger partial charge in [0.15, 0.2) is 11.5 Å². The Hall–Kier alpha value is -2.96. The minimum absolute atomic E-state index is 0.128. The summed E-state index contributed by atoms with van der Waals surface area (Å²) in [5, 5.41) is 4.15. The Morgan fingerprint density at radius 1 is 1.12 bits per heavy atom. The largest absolute Gasteiger partial charge is 0.493 e. The van der Waals surface area contributed by atoms with Crippen molar-refractivity contribution in [3.05, 3.63) is 47.3 Å². The molecular formula is C19H18FNO5. The van der Waals surface area contributed by atoms with Gasteiger partial charge in [0.2, 0.25) is 18.3 Å². The van der Waals surface area contributed by atoms with Crippen LogP contribution >= 0.6 is 0 Å². The lowest BCUT2D eigenvalue weighted by Gasteiger charge is -2.15. The van der Waals surface area contributed by atoms with Gasteiger partial charge in [-0.2, -0.15) is 0 Å². The van der Waals surface area contributed by atoms with Crippen LogP contribution in [0.25, 0.3) is 0 Å². The summed E-state index contributed by atoms with van der Waals surface area (Å²) in [6.45, 7) is 0.128. The van der Waals surface area contributed by atoms with Crippen LogP contribution in [0.1, 0.15) is 17.5 Å². The first-order chi connectivity index (χ1) is 12.7. The maximum absolute atomic E-state index is 13.1. The molecule has 0 bridgehead atoms. The second-order valence-corrected chi connectivity index (χ2v) is 6.02. The molecule has 0 amide bonds. The molecule has 26 heavy (non-hydrogen) atoms. The molecule has 0 spiro atoms. The molecule has 0 N–H and O–H groups in total. The number of methoxy groups -OCH3 is 2. The number of ether oxygens (including phenoxy) is 4. The predicted octanol–water partition coefficient (Wildman–Crippen LogP) is 3.31. The minimum Gasteiger partial charge on any atom is -0.493 e. The molecule has 1 atom stereocenters. The highest BCUT2D eigenvalue weighted by Crippen LogP contribution is 2.50. The summed E-state index contributed by atoms with van der Waals surface area (Å²) in [6, 6.07) is 8.09. The summed E-state index contributed by atoms with van der Waals surface area (Å²) in [5.74, 6) is 2.01. The van der Waals surface area contributed by atoms with Crippen molar-refractivity contribution in [1.29, 1.82) is 0 Å². The lowest BCUT2D eigenvalue weighted by molar-refractivity contribution is 0.0853. The number of fused-ring (bicyclic) bond motifs is 1. The van der Waals surface area contributed by atoms with Crippen molar-refractivity contribution in [1.82, 2.24) is 0 Å². The number of hydrogen-bond donors (Lipinski definition) is 0. The molecule has 0 fully saturated rings. The molecule has 0 radical (unpaired) electrons. The first-order valence-corrected chi connectivity index (χ1v) is 8.21. The van der Waals surface area contributed by atoms with E-state index in [9.17, 15) is 4.39 Å². The van der Waals surface area contributed by atoms with Crippen LogP contribution in [0.15, 0.2) is 35.5 Å². The van der Waals surface area contributed by atoms with E-state index in [1.807, 2.05) is 6.07 Å². The molecule has 2 heterocycles. The van der Waals surface area contributed by atoms with Crippen LogP contribution in [0.4, 0.5) is 4.39 Å². The number of rotatable bonds is 5. The molecular weight excluding hydrogens is 341 g/mol. The van der Waals surface area contributed by atoms with Crippen LogP contribution in [-0.4, -0.2) is 32.8 Å². The van der Waals surface area contributed by atoms with Crippen molar-refractivity contribution in [2.24, 2.45) is 5.16 Å². The third-order valence-corrected chi connectivity index (χ3v) is 4.42. The van der Waals surface area contributed by atoms with Crippen molar-refractivity contribution in [3.63, 3.8) is 0 Å². The highest BCUT2D eigenvalue weighted by Gasteiger charge is 2.30. The maximum atomic E-state index is 13.1. The van der Waals surface area contributed by atoms with E-state index in [0.717, 1.165) is 16.8 Å². The lowest BCUT2D eigenvalue weighted by Crippen LogP contribution is -2.13. The monoisotopic (exact) mass is 359 g/mol. The number of halogens is 1. The van der Waals surface area contributed by atoms with Gasteiger partial charge >= 0.3 is 0 Å². The second-order valence-electron chi connectivity index (χ2n) is 6.02. The normalized spacial score (nSPS) is 17.7. The van der Waals surface area contributed by atoms with E-state index >= 15 is 0 Å². The van der Waals surface area contributed by atoms with Crippen molar-refractivity contribution in [3.8, 4) is 23.0 Å². The predicted molar refractivity (Wildman–Crippen MR) is 91.8 cm³/mol. The zero-order chi connectivity index (χ0) is 18.1. The van der Waals surface area contributed by atoms with E-state index in [4.69, 9.17) is 23.8 Å². The Labute approximate surface area is 150 Å². The van der Waals surface area contributed by atoms with Crippen molar-refractivity contribution in [2.45, 2.75) is 18.9 Å². The van der Waals surface area contributed by atoms with Gasteiger partial charge in [-0.3, -0.25) is 0 Å². The molecule has 0 aromatic heterocycles. The third-order valence-electron chi connectivity index (χ3n) is 4.42. The van der Waals surface area contributed by atoms with Crippen LogP contribution in [0.2, 0.25) is 0 Å². The van der Waals surface area contributed by atoms with E-state index in [1.165, 1.54) is 12.1 Å². The van der Waals surface area contributed by atoms with Gasteiger partial charge in [-0.25, -0.2) is 4.39 Å². The average molecular weight is 359 g/mol.